The second-order valence-electron chi connectivity index (χ2n) is 5.70. The molecule has 0 bridgehead atoms. The zero-order valence-electron chi connectivity index (χ0n) is 13.2. The Balaban J connectivity index is 2.28. The highest BCUT2D eigenvalue weighted by atomic mass is 15.1. The first-order valence-corrected chi connectivity index (χ1v) is 7.57. The fraction of sp³-hybridized carbons (Fsp3) is 0.647. The Labute approximate surface area is 119 Å². The molecule has 0 amide bonds. The van der Waals surface area contributed by atoms with Gasteiger partial charge in [0.25, 0.3) is 0 Å². The number of hydrogen-bond donors (Lipinski definition) is 1. The summed E-state index contributed by atoms with van der Waals surface area (Å²) in [5.41, 5.74) is 2.80. The standard InChI is InChI=1S/C17H30N2/c1-6-16-8-10-17(11-9-16)15(4)18-12-7-13-19(5)14(2)3/h8-11,14-15,18H,6-7,12-13H2,1-5H3. The van der Waals surface area contributed by atoms with Crippen LogP contribution in [0.3, 0.4) is 0 Å². The summed E-state index contributed by atoms with van der Waals surface area (Å²) in [6, 6.07) is 10.0. The Morgan fingerprint density at radius 1 is 1.11 bits per heavy atom. The first-order valence-electron chi connectivity index (χ1n) is 7.57. The van der Waals surface area contributed by atoms with E-state index in [2.05, 4.69) is 69.2 Å². The molecule has 1 atom stereocenters. The fourth-order valence-corrected chi connectivity index (χ4v) is 2.07. The van der Waals surface area contributed by atoms with Gasteiger partial charge >= 0.3 is 0 Å². The third-order valence-electron chi connectivity index (χ3n) is 3.91. The van der Waals surface area contributed by atoms with E-state index < -0.39 is 0 Å². The summed E-state index contributed by atoms with van der Waals surface area (Å²) in [6.07, 6.45) is 2.32. The van der Waals surface area contributed by atoms with Crippen molar-refractivity contribution < 1.29 is 0 Å². The molecule has 2 heteroatoms. The maximum absolute atomic E-state index is 3.60. The molecule has 0 spiro atoms. The minimum absolute atomic E-state index is 0.440. The summed E-state index contributed by atoms with van der Waals surface area (Å²) in [6.45, 7) is 11.2. The Morgan fingerprint density at radius 2 is 1.74 bits per heavy atom. The van der Waals surface area contributed by atoms with E-state index in [0.29, 0.717) is 12.1 Å². The van der Waals surface area contributed by atoms with Crippen LogP contribution in [0.25, 0.3) is 0 Å². The summed E-state index contributed by atoms with van der Waals surface area (Å²) < 4.78 is 0. The van der Waals surface area contributed by atoms with Crippen molar-refractivity contribution in [3.05, 3.63) is 35.4 Å². The topological polar surface area (TPSA) is 15.3 Å². The molecule has 0 aliphatic carbocycles. The minimum atomic E-state index is 0.440. The van der Waals surface area contributed by atoms with Gasteiger partial charge in [-0.25, -0.2) is 0 Å². The van der Waals surface area contributed by atoms with Crippen molar-refractivity contribution in [2.75, 3.05) is 20.1 Å². The average Bonchev–Trinajstić information content (AvgIpc) is 2.43. The summed E-state index contributed by atoms with van der Waals surface area (Å²) >= 11 is 0. The van der Waals surface area contributed by atoms with Gasteiger partial charge in [-0.2, -0.15) is 0 Å². The van der Waals surface area contributed by atoms with Crippen LogP contribution in [0.4, 0.5) is 0 Å². The zero-order valence-corrected chi connectivity index (χ0v) is 13.2. The van der Waals surface area contributed by atoms with Gasteiger partial charge in [-0.3, -0.25) is 0 Å². The third-order valence-corrected chi connectivity index (χ3v) is 3.91. The number of nitrogens with zero attached hydrogens (tertiary/aromatic N) is 1. The SMILES string of the molecule is CCc1ccc(C(C)NCCCN(C)C(C)C)cc1. The molecule has 0 fully saturated rings. The highest BCUT2D eigenvalue weighted by Gasteiger charge is 2.05. The molecule has 0 aliphatic heterocycles. The van der Waals surface area contributed by atoms with Crippen LogP contribution >= 0.6 is 0 Å². The van der Waals surface area contributed by atoms with Gasteiger partial charge in [-0.05, 0) is 64.9 Å². The molecule has 0 aromatic heterocycles. The van der Waals surface area contributed by atoms with E-state index in [9.17, 15) is 0 Å². The molecule has 0 saturated carbocycles. The van der Waals surface area contributed by atoms with E-state index in [1.807, 2.05) is 0 Å². The van der Waals surface area contributed by atoms with Crippen molar-refractivity contribution in [3.63, 3.8) is 0 Å². The highest BCUT2D eigenvalue weighted by Crippen LogP contribution is 2.13. The third kappa shape index (κ3) is 5.75. The van der Waals surface area contributed by atoms with Crippen LogP contribution < -0.4 is 5.32 Å². The number of hydrogen-bond acceptors (Lipinski definition) is 2. The lowest BCUT2D eigenvalue weighted by Gasteiger charge is -2.21. The van der Waals surface area contributed by atoms with Crippen LogP contribution in [0.2, 0.25) is 0 Å². The first-order chi connectivity index (χ1) is 9.04. The highest BCUT2D eigenvalue weighted by molar-refractivity contribution is 5.24. The summed E-state index contributed by atoms with van der Waals surface area (Å²) in [7, 11) is 2.19. The summed E-state index contributed by atoms with van der Waals surface area (Å²) in [5.74, 6) is 0. The molecule has 19 heavy (non-hydrogen) atoms. The van der Waals surface area contributed by atoms with Gasteiger partial charge in [0.1, 0.15) is 0 Å². The summed E-state index contributed by atoms with van der Waals surface area (Å²) in [5, 5.41) is 3.60. The van der Waals surface area contributed by atoms with E-state index in [4.69, 9.17) is 0 Å². The van der Waals surface area contributed by atoms with E-state index in [1.165, 1.54) is 17.5 Å². The first kappa shape index (κ1) is 16.2. The molecule has 1 rings (SSSR count). The number of aryl methyl sites for hydroxylation is 1. The number of benzene rings is 1. The van der Waals surface area contributed by atoms with Crippen LogP contribution in [-0.2, 0) is 6.42 Å². The largest absolute Gasteiger partial charge is 0.310 e. The van der Waals surface area contributed by atoms with Gasteiger partial charge in [0.15, 0.2) is 0 Å². The van der Waals surface area contributed by atoms with Gasteiger partial charge in [-0.1, -0.05) is 31.2 Å². The molecule has 0 saturated heterocycles. The van der Waals surface area contributed by atoms with Crippen LogP contribution in [0.1, 0.15) is 51.3 Å². The zero-order chi connectivity index (χ0) is 14.3. The molecule has 1 N–H and O–H groups in total. The maximum Gasteiger partial charge on any atom is 0.0291 e. The van der Waals surface area contributed by atoms with E-state index >= 15 is 0 Å². The van der Waals surface area contributed by atoms with Crippen LogP contribution in [0.5, 0.6) is 0 Å². The van der Waals surface area contributed by atoms with E-state index in [-0.39, 0.29) is 0 Å². The molecule has 2 nitrogen and oxygen atoms in total. The quantitative estimate of drug-likeness (QED) is 0.720. The normalized spacial score (nSPS) is 13.2. The second-order valence-corrected chi connectivity index (χ2v) is 5.70. The van der Waals surface area contributed by atoms with E-state index in [1.54, 1.807) is 0 Å². The molecule has 0 radical (unpaired) electrons. The van der Waals surface area contributed by atoms with Crippen molar-refractivity contribution in [2.45, 2.75) is 52.6 Å². The Bertz CT molecular complexity index is 343. The van der Waals surface area contributed by atoms with Crippen molar-refractivity contribution in [1.82, 2.24) is 10.2 Å². The minimum Gasteiger partial charge on any atom is -0.310 e. The molecule has 0 heterocycles. The molecular formula is C17H30N2. The van der Waals surface area contributed by atoms with Crippen LogP contribution in [0, 0.1) is 0 Å². The second kappa shape index (κ2) is 8.34. The smallest absolute Gasteiger partial charge is 0.0291 e. The fourth-order valence-electron chi connectivity index (χ4n) is 2.07. The van der Waals surface area contributed by atoms with E-state index in [0.717, 1.165) is 19.5 Å². The van der Waals surface area contributed by atoms with Crippen LogP contribution in [-0.4, -0.2) is 31.1 Å². The Hall–Kier alpha value is -0.860. The van der Waals surface area contributed by atoms with Gasteiger partial charge in [0.05, 0.1) is 0 Å². The monoisotopic (exact) mass is 262 g/mol. The molecule has 1 aromatic carbocycles. The Morgan fingerprint density at radius 3 is 2.26 bits per heavy atom. The number of nitrogens with one attached hydrogen (secondary N) is 1. The van der Waals surface area contributed by atoms with Gasteiger partial charge in [0, 0.05) is 12.1 Å². The summed E-state index contributed by atoms with van der Waals surface area (Å²) in [4.78, 5) is 2.39. The van der Waals surface area contributed by atoms with Crippen molar-refractivity contribution >= 4 is 0 Å². The van der Waals surface area contributed by atoms with Crippen molar-refractivity contribution in [1.29, 1.82) is 0 Å². The van der Waals surface area contributed by atoms with Crippen molar-refractivity contribution in [2.24, 2.45) is 0 Å². The van der Waals surface area contributed by atoms with Crippen molar-refractivity contribution in [3.8, 4) is 0 Å². The lowest BCUT2D eigenvalue weighted by Crippen LogP contribution is -2.30. The lowest BCUT2D eigenvalue weighted by molar-refractivity contribution is 0.268. The van der Waals surface area contributed by atoms with Gasteiger partial charge in [-0.15, -0.1) is 0 Å². The predicted molar refractivity (Wildman–Crippen MR) is 84.6 cm³/mol. The molecule has 1 aromatic rings. The molecule has 108 valence electrons. The van der Waals surface area contributed by atoms with Gasteiger partial charge in [0.2, 0.25) is 0 Å². The predicted octanol–water partition coefficient (Wildman–Crippen LogP) is 3.63. The Kier molecular flexibility index (Phi) is 7.11. The average molecular weight is 262 g/mol. The molecule has 0 aliphatic rings. The van der Waals surface area contributed by atoms with Gasteiger partial charge < -0.3 is 10.2 Å². The molecular weight excluding hydrogens is 232 g/mol. The maximum atomic E-state index is 3.60. The lowest BCUT2D eigenvalue weighted by atomic mass is 10.0. The molecule has 1 unspecified atom stereocenters. The van der Waals surface area contributed by atoms with Crippen LogP contribution in [0.15, 0.2) is 24.3 Å². The number of rotatable bonds is 8.